The largest absolute Gasteiger partial charge is 0.344 e. The van der Waals surface area contributed by atoms with E-state index in [2.05, 4.69) is 10.3 Å². The molecule has 7 heteroatoms. The molecular formula is C20H21N3O3S. The maximum Gasteiger partial charge on any atom is 0.262 e. The predicted molar refractivity (Wildman–Crippen MR) is 106 cm³/mol. The van der Waals surface area contributed by atoms with Gasteiger partial charge < -0.3 is 5.32 Å². The van der Waals surface area contributed by atoms with E-state index >= 15 is 0 Å². The van der Waals surface area contributed by atoms with Crippen LogP contribution in [0.15, 0.2) is 41.5 Å². The van der Waals surface area contributed by atoms with Gasteiger partial charge in [0.05, 0.1) is 17.8 Å². The third-order valence-electron chi connectivity index (χ3n) is 4.58. The smallest absolute Gasteiger partial charge is 0.262 e. The summed E-state index contributed by atoms with van der Waals surface area (Å²) < 4.78 is 1.29. The van der Waals surface area contributed by atoms with E-state index in [-0.39, 0.29) is 23.8 Å². The molecule has 2 heterocycles. The van der Waals surface area contributed by atoms with Crippen LogP contribution in [-0.2, 0) is 22.6 Å². The van der Waals surface area contributed by atoms with Gasteiger partial charge in [-0.05, 0) is 38.3 Å². The third kappa shape index (κ3) is 4.14. The van der Waals surface area contributed by atoms with Crippen LogP contribution in [0.1, 0.15) is 22.9 Å². The van der Waals surface area contributed by atoms with Crippen LogP contribution < -0.4 is 10.9 Å². The molecular weight excluding hydrogens is 362 g/mol. The molecule has 1 amide bonds. The molecule has 1 atom stereocenters. The second-order valence-corrected chi connectivity index (χ2v) is 7.76. The second kappa shape index (κ2) is 7.84. The first kappa shape index (κ1) is 19.0. The average molecular weight is 383 g/mol. The van der Waals surface area contributed by atoms with Gasteiger partial charge in [0.2, 0.25) is 5.91 Å². The Labute approximate surface area is 160 Å². The van der Waals surface area contributed by atoms with Crippen molar-refractivity contribution in [3.8, 4) is 0 Å². The van der Waals surface area contributed by atoms with E-state index in [9.17, 15) is 14.4 Å². The van der Waals surface area contributed by atoms with Crippen LogP contribution >= 0.6 is 11.3 Å². The first-order valence-corrected chi connectivity index (χ1v) is 9.47. The van der Waals surface area contributed by atoms with Gasteiger partial charge in [-0.1, -0.05) is 30.3 Å². The number of rotatable bonds is 6. The zero-order valence-electron chi connectivity index (χ0n) is 15.5. The molecule has 0 aliphatic carbocycles. The molecule has 1 aromatic carbocycles. The minimum absolute atomic E-state index is 0.127. The summed E-state index contributed by atoms with van der Waals surface area (Å²) in [5, 5.41) is 3.29. The monoisotopic (exact) mass is 383 g/mol. The maximum absolute atomic E-state index is 12.7. The van der Waals surface area contributed by atoms with Crippen molar-refractivity contribution < 1.29 is 9.59 Å². The molecule has 0 fully saturated rings. The summed E-state index contributed by atoms with van der Waals surface area (Å²) >= 11 is 1.47. The van der Waals surface area contributed by atoms with Crippen molar-refractivity contribution in [2.75, 3.05) is 0 Å². The van der Waals surface area contributed by atoms with Crippen LogP contribution in [0.5, 0.6) is 0 Å². The summed E-state index contributed by atoms with van der Waals surface area (Å²) in [6.07, 6.45) is 1.80. The van der Waals surface area contributed by atoms with E-state index in [0.29, 0.717) is 16.6 Å². The molecule has 0 saturated heterocycles. The molecule has 1 N–H and O–H groups in total. The number of fused-ring (bicyclic) bond motifs is 1. The molecule has 0 saturated carbocycles. The highest BCUT2D eigenvalue weighted by Crippen LogP contribution is 2.25. The van der Waals surface area contributed by atoms with Gasteiger partial charge in [-0.15, -0.1) is 11.3 Å². The van der Waals surface area contributed by atoms with Crippen molar-refractivity contribution >= 4 is 33.2 Å². The Bertz CT molecular complexity index is 1050. The number of nitrogens with one attached hydrogen (secondary N) is 1. The lowest BCUT2D eigenvalue weighted by molar-refractivity contribution is -0.127. The van der Waals surface area contributed by atoms with Crippen molar-refractivity contribution in [3.63, 3.8) is 0 Å². The first-order valence-electron chi connectivity index (χ1n) is 8.65. The minimum atomic E-state index is -0.627. The van der Waals surface area contributed by atoms with Gasteiger partial charge in [0.15, 0.2) is 5.78 Å². The molecule has 0 spiro atoms. The molecule has 0 aliphatic rings. The molecule has 140 valence electrons. The average Bonchev–Trinajstić information content (AvgIpc) is 2.92. The molecule has 0 unspecified atom stereocenters. The van der Waals surface area contributed by atoms with Crippen molar-refractivity contribution in [2.24, 2.45) is 0 Å². The highest BCUT2D eigenvalue weighted by atomic mass is 32.1. The van der Waals surface area contributed by atoms with Crippen molar-refractivity contribution in [1.29, 1.82) is 0 Å². The predicted octanol–water partition coefficient (Wildman–Crippen LogP) is 2.39. The van der Waals surface area contributed by atoms with Crippen molar-refractivity contribution in [2.45, 2.75) is 39.8 Å². The maximum atomic E-state index is 12.7. The summed E-state index contributed by atoms with van der Waals surface area (Å²) in [4.78, 5) is 43.1. The quantitative estimate of drug-likeness (QED) is 0.709. The summed E-state index contributed by atoms with van der Waals surface area (Å²) in [6.45, 7) is 5.10. The fourth-order valence-corrected chi connectivity index (χ4v) is 3.91. The van der Waals surface area contributed by atoms with E-state index < -0.39 is 6.04 Å². The Kier molecular flexibility index (Phi) is 5.51. The standard InChI is InChI=1S/C20H21N3O3S/c1-12-14(3)27-19-18(12)20(26)23(11-21-19)10-17(25)22-16(13(2)24)9-15-7-5-4-6-8-15/h4-8,11,16H,9-10H2,1-3H3,(H,22,25)/t16-/m0/s1. The summed E-state index contributed by atoms with van der Waals surface area (Å²) in [5.41, 5.74) is 1.62. The van der Waals surface area contributed by atoms with E-state index in [0.717, 1.165) is 16.0 Å². The van der Waals surface area contributed by atoms with Crippen LogP contribution in [0.25, 0.3) is 10.2 Å². The number of amides is 1. The van der Waals surface area contributed by atoms with Crippen molar-refractivity contribution in [3.05, 3.63) is 63.0 Å². The van der Waals surface area contributed by atoms with Crippen LogP contribution in [0, 0.1) is 13.8 Å². The summed E-state index contributed by atoms with van der Waals surface area (Å²) in [5.74, 6) is -0.517. The molecule has 2 aromatic heterocycles. The van der Waals surface area contributed by atoms with Gasteiger partial charge in [0.25, 0.3) is 5.56 Å². The van der Waals surface area contributed by atoms with Crippen molar-refractivity contribution in [1.82, 2.24) is 14.9 Å². The van der Waals surface area contributed by atoms with E-state index in [1.165, 1.54) is 29.2 Å². The van der Waals surface area contributed by atoms with E-state index in [1.807, 2.05) is 44.2 Å². The number of nitrogens with zero attached hydrogens (tertiary/aromatic N) is 2. The van der Waals surface area contributed by atoms with Gasteiger partial charge in [0.1, 0.15) is 11.4 Å². The second-order valence-electron chi connectivity index (χ2n) is 6.56. The minimum Gasteiger partial charge on any atom is -0.344 e. The lowest BCUT2D eigenvalue weighted by Crippen LogP contribution is -2.43. The normalized spacial score (nSPS) is 12.1. The zero-order chi connectivity index (χ0) is 19.6. The number of carbonyl (C=O) groups excluding carboxylic acids is 2. The number of thiophene rings is 1. The number of benzene rings is 1. The topological polar surface area (TPSA) is 81.1 Å². The fourth-order valence-electron chi connectivity index (χ4n) is 2.92. The van der Waals surface area contributed by atoms with Gasteiger partial charge in [-0.2, -0.15) is 0 Å². The van der Waals surface area contributed by atoms with Crippen LogP contribution in [0.4, 0.5) is 0 Å². The number of hydrogen-bond donors (Lipinski definition) is 1. The van der Waals surface area contributed by atoms with Crippen LogP contribution in [-0.4, -0.2) is 27.3 Å². The number of aryl methyl sites for hydroxylation is 2. The Balaban J connectivity index is 1.77. The number of ketones is 1. The van der Waals surface area contributed by atoms with E-state index in [4.69, 9.17) is 0 Å². The highest BCUT2D eigenvalue weighted by molar-refractivity contribution is 7.18. The third-order valence-corrected chi connectivity index (χ3v) is 5.69. The number of carbonyl (C=O) groups is 2. The van der Waals surface area contributed by atoms with E-state index in [1.54, 1.807) is 0 Å². The molecule has 0 radical (unpaired) electrons. The Morgan fingerprint density at radius 1 is 1.22 bits per heavy atom. The summed E-state index contributed by atoms with van der Waals surface area (Å²) in [6, 6.07) is 8.87. The molecule has 3 rings (SSSR count). The molecule has 27 heavy (non-hydrogen) atoms. The number of Topliss-reactive ketones (excluding diaryl/α,β-unsaturated/α-hetero) is 1. The van der Waals surface area contributed by atoms with Crippen LogP contribution in [0.2, 0.25) is 0 Å². The first-order chi connectivity index (χ1) is 12.9. The van der Waals surface area contributed by atoms with Gasteiger partial charge >= 0.3 is 0 Å². The molecule has 3 aromatic rings. The number of aromatic nitrogens is 2. The lowest BCUT2D eigenvalue weighted by Gasteiger charge is -2.16. The van der Waals surface area contributed by atoms with Gasteiger partial charge in [-0.25, -0.2) is 4.98 Å². The highest BCUT2D eigenvalue weighted by Gasteiger charge is 2.19. The molecule has 6 nitrogen and oxygen atoms in total. The SMILES string of the molecule is CC(=O)[C@H](Cc1ccccc1)NC(=O)Cn1cnc2sc(C)c(C)c2c1=O. The summed E-state index contributed by atoms with van der Waals surface area (Å²) in [7, 11) is 0. The van der Waals surface area contributed by atoms with Crippen LogP contribution in [0.3, 0.4) is 0 Å². The Morgan fingerprint density at radius 2 is 1.93 bits per heavy atom. The Hall–Kier alpha value is -2.80. The van der Waals surface area contributed by atoms with Gasteiger partial charge in [-0.3, -0.25) is 19.0 Å². The molecule has 0 aliphatic heterocycles. The molecule has 0 bridgehead atoms. The fraction of sp³-hybridized carbons (Fsp3) is 0.300. The lowest BCUT2D eigenvalue weighted by atomic mass is 10.0. The zero-order valence-corrected chi connectivity index (χ0v) is 16.3. The Morgan fingerprint density at radius 3 is 2.59 bits per heavy atom. The van der Waals surface area contributed by atoms with Gasteiger partial charge in [0, 0.05) is 4.88 Å². The number of hydrogen-bond acceptors (Lipinski definition) is 5.